The molecule has 4 rings (SSSR count). The number of fused-ring (bicyclic) bond motifs is 2. The smallest absolute Gasteiger partial charge is 0.254 e. The van der Waals surface area contributed by atoms with Crippen molar-refractivity contribution in [2.24, 2.45) is 0 Å². The van der Waals surface area contributed by atoms with E-state index in [9.17, 15) is 9.59 Å². The molecule has 0 atom stereocenters. The predicted octanol–water partition coefficient (Wildman–Crippen LogP) is 3.73. The van der Waals surface area contributed by atoms with Crippen molar-refractivity contribution in [3.8, 4) is 11.5 Å². The maximum Gasteiger partial charge on any atom is 0.254 e. The van der Waals surface area contributed by atoms with Crippen LogP contribution in [0.3, 0.4) is 0 Å². The molecule has 2 heterocycles. The summed E-state index contributed by atoms with van der Waals surface area (Å²) in [4.78, 5) is 29.4. The molecular weight excluding hydrogens is 463 g/mol. The fraction of sp³-hybridized carbons (Fsp3) is 0.444. The molecule has 8 nitrogen and oxygen atoms in total. The highest BCUT2D eigenvalue weighted by molar-refractivity contribution is 6.08. The van der Waals surface area contributed by atoms with E-state index in [0.29, 0.717) is 12.2 Å². The highest BCUT2D eigenvalue weighted by atomic mass is 19.1. The summed E-state index contributed by atoms with van der Waals surface area (Å²) in [5.41, 5.74) is 2.64. The average molecular weight is 497 g/mol. The Balaban J connectivity index is 1.67. The third kappa shape index (κ3) is 4.38. The Morgan fingerprint density at radius 1 is 1.25 bits per heavy atom. The number of Topliss-reactive ketones (excluding diaryl/α,β-unsaturated/α-hetero) is 1. The zero-order chi connectivity index (χ0) is 26.4. The number of amidine groups is 1. The summed E-state index contributed by atoms with van der Waals surface area (Å²) < 4.78 is 26.8. The van der Waals surface area contributed by atoms with Gasteiger partial charge in [0.1, 0.15) is 18.2 Å². The first-order valence-electron chi connectivity index (χ1n) is 12.1. The highest BCUT2D eigenvalue weighted by Crippen LogP contribution is 2.42. The van der Waals surface area contributed by atoms with Gasteiger partial charge in [-0.3, -0.25) is 15.0 Å². The number of hydrogen-bond donors (Lipinski definition) is 2. The number of carbonyl (C=O) groups is 2. The molecule has 0 aliphatic carbocycles. The molecule has 2 aliphatic rings. The number of nitrogens with one attached hydrogen (secondary N) is 2. The van der Waals surface area contributed by atoms with Crippen LogP contribution in [-0.4, -0.2) is 62.8 Å². The Morgan fingerprint density at radius 3 is 2.61 bits per heavy atom. The Hall–Kier alpha value is -3.62. The summed E-state index contributed by atoms with van der Waals surface area (Å²) in [6, 6.07) is 5.17. The van der Waals surface area contributed by atoms with Crippen LogP contribution in [0.25, 0.3) is 0 Å². The SMILES string of the molecule is CCOc1c(C(=O)NC)cc2c(c1F)CN(CC(=O)c1cc3c(c(C(C)(C)C)c1)OCCN3C)C2=N. The highest BCUT2D eigenvalue weighted by Gasteiger charge is 2.34. The van der Waals surface area contributed by atoms with E-state index in [2.05, 4.69) is 31.0 Å². The second kappa shape index (κ2) is 9.44. The monoisotopic (exact) mass is 496 g/mol. The molecule has 0 bridgehead atoms. The van der Waals surface area contributed by atoms with E-state index in [-0.39, 0.29) is 59.2 Å². The van der Waals surface area contributed by atoms with Gasteiger partial charge in [-0.25, -0.2) is 4.39 Å². The molecule has 0 aromatic heterocycles. The summed E-state index contributed by atoms with van der Waals surface area (Å²) in [5, 5.41) is 11.1. The first kappa shape index (κ1) is 25.5. The number of anilines is 1. The molecule has 0 spiro atoms. The van der Waals surface area contributed by atoms with Gasteiger partial charge in [0.15, 0.2) is 17.3 Å². The number of rotatable bonds is 6. The molecule has 0 fully saturated rings. The topological polar surface area (TPSA) is 95.0 Å². The molecule has 0 radical (unpaired) electrons. The van der Waals surface area contributed by atoms with Crippen molar-refractivity contribution in [3.63, 3.8) is 0 Å². The number of nitrogens with zero attached hydrogens (tertiary/aromatic N) is 2. The summed E-state index contributed by atoms with van der Waals surface area (Å²) in [6.45, 7) is 9.36. The first-order chi connectivity index (χ1) is 17.0. The zero-order valence-corrected chi connectivity index (χ0v) is 21.7. The standard InChI is InChI=1S/C27H33FN4O4/c1-7-35-23-17(26(34)30-5)12-16-18(22(23)28)13-32(25(16)29)14-21(33)15-10-19(27(2,3)4)24-20(11-15)31(6)8-9-36-24/h10-12,29H,7-9,13-14H2,1-6H3,(H,30,34). The van der Waals surface area contributed by atoms with Crippen LogP contribution in [-0.2, 0) is 12.0 Å². The fourth-order valence-electron chi connectivity index (χ4n) is 4.64. The number of likely N-dealkylation sites (N-methyl/N-ethyl adjacent to an activating group) is 1. The molecule has 2 N–H and O–H groups in total. The van der Waals surface area contributed by atoms with Crippen molar-refractivity contribution >= 4 is 23.2 Å². The Labute approximate surface area is 210 Å². The number of benzene rings is 2. The van der Waals surface area contributed by atoms with Gasteiger partial charge >= 0.3 is 0 Å². The van der Waals surface area contributed by atoms with E-state index in [1.807, 2.05) is 19.2 Å². The third-order valence-electron chi connectivity index (χ3n) is 6.62. The number of ether oxygens (including phenoxy) is 2. The van der Waals surface area contributed by atoms with Gasteiger partial charge < -0.3 is 24.6 Å². The third-order valence-corrected chi connectivity index (χ3v) is 6.62. The quantitative estimate of drug-likeness (QED) is 0.592. The normalized spacial score (nSPS) is 14.8. The second-order valence-corrected chi connectivity index (χ2v) is 10.1. The fourth-order valence-corrected chi connectivity index (χ4v) is 4.64. The minimum atomic E-state index is -0.671. The van der Waals surface area contributed by atoms with Gasteiger partial charge in [-0.1, -0.05) is 20.8 Å². The molecule has 192 valence electrons. The number of halogens is 1. The Morgan fingerprint density at radius 2 is 1.97 bits per heavy atom. The lowest BCUT2D eigenvalue weighted by Crippen LogP contribution is -2.33. The minimum Gasteiger partial charge on any atom is -0.490 e. The summed E-state index contributed by atoms with van der Waals surface area (Å²) in [6.07, 6.45) is 0. The number of amides is 1. The molecule has 2 aromatic rings. The number of ketones is 1. The van der Waals surface area contributed by atoms with Crippen LogP contribution in [0.4, 0.5) is 10.1 Å². The van der Waals surface area contributed by atoms with Gasteiger partial charge in [0.2, 0.25) is 0 Å². The van der Waals surface area contributed by atoms with Crippen LogP contribution < -0.4 is 19.7 Å². The lowest BCUT2D eigenvalue weighted by Gasteiger charge is -2.33. The summed E-state index contributed by atoms with van der Waals surface area (Å²) in [7, 11) is 3.42. The van der Waals surface area contributed by atoms with Crippen LogP contribution in [0, 0.1) is 11.2 Å². The van der Waals surface area contributed by atoms with Crippen LogP contribution in [0.2, 0.25) is 0 Å². The molecule has 2 aromatic carbocycles. The second-order valence-electron chi connectivity index (χ2n) is 10.1. The molecule has 36 heavy (non-hydrogen) atoms. The lowest BCUT2D eigenvalue weighted by atomic mass is 9.84. The van der Waals surface area contributed by atoms with E-state index in [0.717, 1.165) is 23.5 Å². The lowest BCUT2D eigenvalue weighted by molar-refractivity contribution is 0.0952. The maximum absolute atomic E-state index is 15.4. The van der Waals surface area contributed by atoms with Crippen molar-refractivity contribution in [2.75, 3.05) is 45.3 Å². The van der Waals surface area contributed by atoms with Gasteiger partial charge in [0, 0.05) is 42.9 Å². The van der Waals surface area contributed by atoms with Crippen LogP contribution in [0.15, 0.2) is 18.2 Å². The van der Waals surface area contributed by atoms with E-state index < -0.39 is 11.7 Å². The number of carbonyl (C=O) groups excluding carboxylic acids is 2. The number of hydrogen-bond acceptors (Lipinski definition) is 6. The van der Waals surface area contributed by atoms with E-state index in [4.69, 9.17) is 14.9 Å². The van der Waals surface area contributed by atoms with Gasteiger partial charge in [-0.2, -0.15) is 0 Å². The summed E-state index contributed by atoms with van der Waals surface area (Å²) >= 11 is 0. The Bertz CT molecular complexity index is 1250. The molecule has 2 aliphatic heterocycles. The summed E-state index contributed by atoms with van der Waals surface area (Å²) in [5.74, 6) is -0.699. The van der Waals surface area contributed by atoms with Crippen LogP contribution in [0.1, 0.15) is 65.1 Å². The van der Waals surface area contributed by atoms with Gasteiger partial charge in [0.25, 0.3) is 5.91 Å². The van der Waals surface area contributed by atoms with Gasteiger partial charge in [-0.05, 0) is 30.5 Å². The largest absolute Gasteiger partial charge is 0.490 e. The van der Waals surface area contributed by atoms with Crippen molar-refractivity contribution in [1.82, 2.24) is 10.2 Å². The van der Waals surface area contributed by atoms with Crippen molar-refractivity contribution in [2.45, 2.75) is 39.7 Å². The average Bonchev–Trinajstić information content (AvgIpc) is 3.14. The predicted molar refractivity (Wildman–Crippen MR) is 136 cm³/mol. The Kier molecular flexibility index (Phi) is 6.68. The molecule has 0 saturated heterocycles. The van der Waals surface area contributed by atoms with Crippen molar-refractivity contribution in [1.29, 1.82) is 5.41 Å². The minimum absolute atomic E-state index is 0.0000854. The van der Waals surface area contributed by atoms with Gasteiger partial charge in [0.05, 0.1) is 30.9 Å². The van der Waals surface area contributed by atoms with Crippen molar-refractivity contribution < 1.29 is 23.5 Å². The molecular formula is C27H33FN4O4. The molecule has 9 heteroatoms. The van der Waals surface area contributed by atoms with Gasteiger partial charge in [-0.15, -0.1) is 0 Å². The van der Waals surface area contributed by atoms with E-state index in [1.54, 1.807) is 6.92 Å². The van der Waals surface area contributed by atoms with E-state index >= 15 is 4.39 Å². The van der Waals surface area contributed by atoms with Crippen molar-refractivity contribution in [3.05, 3.63) is 51.8 Å². The molecule has 1 amide bonds. The zero-order valence-electron chi connectivity index (χ0n) is 21.7. The molecule has 0 saturated carbocycles. The molecule has 0 unspecified atom stereocenters. The maximum atomic E-state index is 15.4. The first-order valence-corrected chi connectivity index (χ1v) is 12.1. The van der Waals surface area contributed by atoms with E-state index in [1.165, 1.54) is 18.0 Å². The van der Waals surface area contributed by atoms with Crippen LogP contribution >= 0.6 is 0 Å². The van der Waals surface area contributed by atoms with Crippen LogP contribution in [0.5, 0.6) is 11.5 Å².